The van der Waals surface area contributed by atoms with Crippen molar-refractivity contribution < 1.29 is 14.0 Å². The van der Waals surface area contributed by atoms with Crippen molar-refractivity contribution in [2.24, 2.45) is 5.92 Å². The molecule has 25 heavy (non-hydrogen) atoms. The minimum Gasteiger partial charge on any atom is -0.422 e. The van der Waals surface area contributed by atoms with Gasteiger partial charge in [0.1, 0.15) is 11.1 Å². The number of piperidine rings is 1. The summed E-state index contributed by atoms with van der Waals surface area (Å²) in [7, 11) is 0. The van der Waals surface area contributed by atoms with Crippen molar-refractivity contribution in [1.29, 1.82) is 0 Å². The third-order valence-corrected chi connectivity index (χ3v) is 4.87. The molecule has 1 saturated heterocycles. The summed E-state index contributed by atoms with van der Waals surface area (Å²) in [4.78, 5) is 38.9. The van der Waals surface area contributed by atoms with Crippen LogP contribution in [0.5, 0.6) is 0 Å². The first-order chi connectivity index (χ1) is 12.1. The summed E-state index contributed by atoms with van der Waals surface area (Å²) >= 11 is 0. The van der Waals surface area contributed by atoms with Gasteiger partial charge in [0.15, 0.2) is 0 Å². The molecule has 0 spiro atoms. The van der Waals surface area contributed by atoms with Crippen molar-refractivity contribution in [2.45, 2.75) is 31.7 Å². The molecule has 0 bridgehead atoms. The molecule has 2 fully saturated rings. The Kier molecular flexibility index (Phi) is 4.03. The Balaban J connectivity index is 1.54. The van der Waals surface area contributed by atoms with Crippen LogP contribution < -0.4 is 10.9 Å². The van der Waals surface area contributed by atoms with E-state index in [4.69, 9.17) is 4.42 Å². The second-order valence-electron chi connectivity index (χ2n) is 6.86. The molecule has 6 nitrogen and oxygen atoms in total. The summed E-state index contributed by atoms with van der Waals surface area (Å²) in [5.41, 5.74) is -0.139. The second kappa shape index (κ2) is 6.35. The highest BCUT2D eigenvalue weighted by Gasteiger charge is 2.33. The molecule has 2 aromatic rings. The zero-order valence-electron chi connectivity index (χ0n) is 13.9. The molecule has 130 valence electrons. The van der Waals surface area contributed by atoms with Crippen LogP contribution in [0.15, 0.2) is 39.5 Å². The van der Waals surface area contributed by atoms with Gasteiger partial charge in [-0.2, -0.15) is 0 Å². The van der Waals surface area contributed by atoms with Crippen LogP contribution in [0.25, 0.3) is 11.0 Å². The van der Waals surface area contributed by atoms with Gasteiger partial charge in [-0.1, -0.05) is 18.2 Å². The van der Waals surface area contributed by atoms with Crippen molar-refractivity contribution in [3.05, 3.63) is 46.3 Å². The molecule has 1 atom stereocenters. The van der Waals surface area contributed by atoms with E-state index in [1.54, 1.807) is 29.2 Å². The van der Waals surface area contributed by atoms with Crippen molar-refractivity contribution in [2.75, 3.05) is 13.1 Å². The molecular weight excluding hydrogens is 320 g/mol. The number of benzene rings is 1. The molecule has 6 heteroatoms. The van der Waals surface area contributed by atoms with E-state index in [1.807, 2.05) is 6.07 Å². The monoisotopic (exact) mass is 340 g/mol. The topological polar surface area (TPSA) is 79.6 Å². The molecule has 2 aliphatic rings. The fourth-order valence-corrected chi connectivity index (χ4v) is 3.30. The molecular formula is C19H20N2O4. The van der Waals surface area contributed by atoms with Crippen LogP contribution >= 0.6 is 0 Å². The Bertz CT molecular complexity index is 884. The van der Waals surface area contributed by atoms with E-state index in [1.165, 1.54) is 0 Å². The number of para-hydroxylation sites is 1. The predicted octanol–water partition coefficient (Wildman–Crippen LogP) is 1.92. The quantitative estimate of drug-likeness (QED) is 0.866. The maximum atomic E-state index is 12.8. The van der Waals surface area contributed by atoms with E-state index in [2.05, 4.69) is 5.32 Å². The first-order valence-electron chi connectivity index (χ1n) is 8.74. The van der Waals surface area contributed by atoms with E-state index >= 15 is 0 Å². The number of nitrogens with one attached hydrogen (secondary N) is 1. The maximum Gasteiger partial charge on any atom is 0.349 e. The molecule has 1 N–H and O–H groups in total. The van der Waals surface area contributed by atoms with E-state index in [-0.39, 0.29) is 23.3 Å². The van der Waals surface area contributed by atoms with Gasteiger partial charge in [-0.3, -0.25) is 9.59 Å². The number of hydrogen-bond acceptors (Lipinski definition) is 4. The molecule has 2 heterocycles. The van der Waals surface area contributed by atoms with Crippen LogP contribution in [-0.2, 0) is 4.79 Å². The van der Waals surface area contributed by atoms with Crippen LogP contribution in [0.4, 0.5) is 0 Å². The minimum absolute atomic E-state index is 0.0190. The highest BCUT2D eigenvalue weighted by atomic mass is 16.4. The average molecular weight is 340 g/mol. The van der Waals surface area contributed by atoms with Crippen LogP contribution in [-0.4, -0.2) is 35.8 Å². The summed E-state index contributed by atoms with van der Waals surface area (Å²) in [5.74, 6) is -0.542. The van der Waals surface area contributed by atoms with Gasteiger partial charge >= 0.3 is 5.63 Å². The van der Waals surface area contributed by atoms with Crippen LogP contribution in [0, 0.1) is 5.92 Å². The maximum absolute atomic E-state index is 12.8. The van der Waals surface area contributed by atoms with Gasteiger partial charge < -0.3 is 14.6 Å². The molecule has 1 saturated carbocycles. The van der Waals surface area contributed by atoms with E-state index < -0.39 is 5.63 Å². The molecule has 1 aliphatic carbocycles. The first-order valence-corrected chi connectivity index (χ1v) is 8.74. The Hall–Kier alpha value is -2.63. The number of carbonyl (C=O) groups is 2. The van der Waals surface area contributed by atoms with E-state index in [0.29, 0.717) is 30.1 Å². The zero-order valence-corrected chi connectivity index (χ0v) is 13.9. The third kappa shape index (κ3) is 3.29. The van der Waals surface area contributed by atoms with Gasteiger partial charge in [0, 0.05) is 24.5 Å². The van der Waals surface area contributed by atoms with E-state index in [9.17, 15) is 14.4 Å². The largest absolute Gasteiger partial charge is 0.422 e. The van der Waals surface area contributed by atoms with Gasteiger partial charge in [0.2, 0.25) is 5.91 Å². The summed E-state index contributed by atoms with van der Waals surface area (Å²) in [6.07, 6.45) is 3.61. The average Bonchev–Trinajstić information content (AvgIpc) is 3.44. The number of nitrogens with zero attached hydrogens (tertiary/aromatic N) is 1. The lowest BCUT2D eigenvalue weighted by molar-refractivity contribution is -0.126. The molecule has 0 unspecified atom stereocenters. The molecule has 0 radical (unpaired) electrons. The van der Waals surface area contributed by atoms with Crippen LogP contribution in [0.2, 0.25) is 0 Å². The van der Waals surface area contributed by atoms with Gasteiger partial charge in [0.25, 0.3) is 5.91 Å². The minimum atomic E-state index is -0.631. The van der Waals surface area contributed by atoms with Gasteiger partial charge in [0.05, 0.1) is 5.92 Å². The Morgan fingerprint density at radius 2 is 1.96 bits per heavy atom. The predicted molar refractivity (Wildman–Crippen MR) is 92.3 cm³/mol. The lowest BCUT2D eigenvalue weighted by Gasteiger charge is -2.31. The Morgan fingerprint density at radius 1 is 1.16 bits per heavy atom. The molecule has 1 aliphatic heterocycles. The zero-order chi connectivity index (χ0) is 17.4. The number of amides is 2. The first kappa shape index (κ1) is 15.9. The van der Waals surface area contributed by atoms with Crippen molar-refractivity contribution in [1.82, 2.24) is 10.2 Å². The fourth-order valence-electron chi connectivity index (χ4n) is 3.30. The smallest absolute Gasteiger partial charge is 0.349 e. The molecule has 4 rings (SSSR count). The summed E-state index contributed by atoms with van der Waals surface area (Å²) < 4.78 is 5.26. The molecule has 1 aromatic heterocycles. The SMILES string of the molecule is O=C(NC1CC1)[C@H]1CCCN(C(=O)c2cc3ccccc3oc2=O)C1. The summed E-state index contributed by atoms with van der Waals surface area (Å²) in [6.45, 7) is 0.905. The number of carbonyl (C=O) groups excluding carboxylic acids is 2. The van der Waals surface area contributed by atoms with Crippen LogP contribution in [0.1, 0.15) is 36.0 Å². The lowest BCUT2D eigenvalue weighted by atomic mass is 9.96. The van der Waals surface area contributed by atoms with Gasteiger partial charge in [-0.25, -0.2) is 4.79 Å². The number of fused-ring (bicyclic) bond motifs is 1. The molecule has 1 aromatic carbocycles. The van der Waals surface area contributed by atoms with Gasteiger partial charge in [-0.15, -0.1) is 0 Å². The standard InChI is InChI=1S/C19H20N2O4/c22-17(20-14-7-8-14)13-5-3-9-21(11-13)18(23)15-10-12-4-1-2-6-16(12)25-19(15)24/h1-2,4,6,10,13-14H,3,5,7-9,11H2,(H,20,22)/t13-/m0/s1. The summed E-state index contributed by atoms with van der Waals surface area (Å²) in [6, 6.07) is 9.00. The van der Waals surface area contributed by atoms with Crippen molar-refractivity contribution >= 4 is 22.8 Å². The number of likely N-dealkylation sites (tertiary alicyclic amines) is 1. The van der Waals surface area contributed by atoms with E-state index in [0.717, 1.165) is 25.7 Å². The van der Waals surface area contributed by atoms with Crippen LogP contribution in [0.3, 0.4) is 0 Å². The number of hydrogen-bond donors (Lipinski definition) is 1. The highest BCUT2D eigenvalue weighted by molar-refractivity contribution is 5.97. The Labute approximate surface area is 144 Å². The highest BCUT2D eigenvalue weighted by Crippen LogP contribution is 2.23. The summed E-state index contributed by atoms with van der Waals surface area (Å²) in [5, 5.41) is 3.71. The van der Waals surface area contributed by atoms with Crippen molar-refractivity contribution in [3.63, 3.8) is 0 Å². The number of rotatable bonds is 3. The Morgan fingerprint density at radius 3 is 2.76 bits per heavy atom. The lowest BCUT2D eigenvalue weighted by Crippen LogP contribution is -2.46. The normalized spacial score (nSPS) is 20.5. The van der Waals surface area contributed by atoms with Crippen molar-refractivity contribution in [3.8, 4) is 0 Å². The second-order valence-corrected chi connectivity index (χ2v) is 6.86. The third-order valence-electron chi connectivity index (χ3n) is 4.87. The fraction of sp³-hybridized carbons (Fsp3) is 0.421. The molecule has 2 amide bonds. The van der Waals surface area contributed by atoms with Gasteiger partial charge in [-0.05, 0) is 37.8 Å².